The van der Waals surface area contributed by atoms with E-state index in [-0.39, 0.29) is 43.1 Å². The fourth-order valence-electron chi connectivity index (χ4n) is 6.39. The normalized spacial score (nSPS) is 22.8. The van der Waals surface area contributed by atoms with Gasteiger partial charge in [-0.3, -0.25) is 23.2 Å². The van der Waals surface area contributed by atoms with Crippen LogP contribution in [0.1, 0.15) is 85.6 Å². The highest BCUT2D eigenvalue weighted by Crippen LogP contribution is 2.44. The number of aromatic nitrogens is 3. The minimum Gasteiger partial charge on any atom is -0.390 e. The van der Waals surface area contributed by atoms with Gasteiger partial charge in [-0.2, -0.15) is 4.98 Å². The number of rotatable bonds is 17. The summed E-state index contributed by atoms with van der Waals surface area (Å²) in [5, 5.41) is 16.1. The summed E-state index contributed by atoms with van der Waals surface area (Å²) in [4.78, 5) is 51.6. The average Bonchev–Trinajstić information content (AvgIpc) is 3.73. The van der Waals surface area contributed by atoms with E-state index in [1.807, 2.05) is 24.4 Å². The molecule has 2 aliphatic rings. The molecule has 16 heteroatoms. The first-order valence-electron chi connectivity index (χ1n) is 17.2. The van der Waals surface area contributed by atoms with Crippen molar-refractivity contribution in [2.24, 2.45) is 5.92 Å². The number of nitrogens with one attached hydrogen (secondary N) is 2. The first-order chi connectivity index (χ1) is 24.0. The molecule has 3 aromatic rings. The third-order valence-electron chi connectivity index (χ3n) is 9.09. The Balaban J connectivity index is 1.05. The number of nitrogens with two attached hydrogens (primary N) is 1. The molecule has 0 bridgehead atoms. The maximum absolute atomic E-state index is 13.1. The van der Waals surface area contributed by atoms with E-state index >= 15 is 0 Å². The number of carbonyl (C=O) groups is 2. The fraction of sp³-hybridized carbons (Fsp3) is 0.529. The Morgan fingerprint density at radius 1 is 1.04 bits per heavy atom. The van der Waals surface area contributed by atoms with Crippen molar-refractivity contribution in [3.8, 4) is 0 Å². The Morgan fingerprint density at radius 3 is 2.58 bits per heavy atom. The van der Waals surface area contributed by atoms with Gasteiger partial charge in [-0.05, 0) is 48.7 Å². The number of carbonyl (C=O) groups excluding carboxylic acids is 2. The molecule has 5 rings (SSSR count). The van der Waals surface area contributed by atoms with Crippen LogP contribution in [0.4, 0.5) is 5.82 Å². The number of unbranched alkanes of at least 4 members (excludes halogenated alkanes) is 4. The van der Waals surface area contributed by atoms with Gasteiger partial charge >= 0.3 is 13.5 Å². The molecule has 15 nitrogen and oxygen atoms in total. The first-order valence-corrected chi connectivity index (χ1v) is 18.6. The number of aliphatic hydroxyl groups is 1. The van der Waals surface area contributed by atoms with Gasteiger partial charge < -0.3 is 35.7 Å². The zero-order chi connectivity index (χ0) is 35.7. The predicted molar refractivity (Wildman–Crippen MR) is 184 cm³/mol. The summed E-state index contributed by atoms with van der Waals surface area (Å²) >= 11 is 0. The van der Waals surface area contributed by atoms with Crippen LogP contribution in [0.15, 0.2) is 59.7 Å². The van der Waals surface area contributed by atoms with Crippen LogP contribution in [0.5, 0.6) is 0 Å². The van der Waals surface area contributed by atoms with Crippen LogP contribution in [0.25, 0.3) is 0 Å². The molecule has 2 aromatic heterocycles. The second kappa shape index (κ2) is 17.4. The molecular weight excluding hydrogens is 667 g/mol. The van der Waals surface area contributed by atoms with Crippen molar-refractivity contribution in [2.45, 2.75) is 82.8 Å². The number of phosphoric acid groups is 1. The summed E-state index contributed by atoms with van der Waals surface area (Å²) in [5.41, 5.74) is 7.38. The quantitative estimate of drug-likeness (QED) is 0.101. The molecule has 0 radical (unpaired) electrons. The van der Waals surface area contributed by atoms with Crippen LogP contribution in [0.2, 0.25) is 0 Å². The number of nitrogens with zero attached hydrogens (tertiary/aromatic N) is 3. The largest absolute Gasteiger partial charge is 0.472 e. The summed E-state index contributed by atoms with van der Waals surface area (Å²) in [5.74, 6) is -0.427. The number of aliphatic hydroxyl groups excluding tert-OH is 1. The van der Waals surface area contributed by atoms with Crippen molar-refractivity contribution in [1.29, 1.82) is 0 Å². The van der Waals surface area contributed by atoms with E-state index in [4.69, 9.17) is 19.5 Å². The Bertz CT molecular complexity index is 1700. The van der Waals surface area contributed by atoms with Crippen LogP contribution in [0, 0.1) is 5.92 Å². The van der Waals surface area contributed by atoms with Gasteiger partial charge in [0.05, 0.1) is 25.2 Å². The van der Waals surface area contributed by atoms with Crippen molar-refractivity contribution < 1.29 is 37.9 Å². The number of phosphoric ester groups is 1. The number of fused-ring (bicyclic) bond motifs is 1. The number of hydrogen-bond donors (Lipinski definition) is 5. The number of hydrogen-bond acceptors (Lipinski definition) is 10. The molecule has 1 aromatic carbocycles. The summed E-state index contributed by atoms with van der Waals surface area (Å²) in [6, 6.07) is 12.7. The van der Waals surface area contributed by atoms with Gasteiger partial charge in [-0.1, -0.05) is 44.7 Å². The highest BCUT2D eigenvalue weighted by Gasteiger charge is 2.38. The average molecular weight is 715 g/mol. The molecule has 50 heavy (non-hydrogen) atoms. The molecule has 4 heterocycles. The van der Waals surface area contributed by atoms with Gasteiger partial charge in [-0.15, -0.1) is 0 Å². The Labute approximate surface area is 290 Å². The summed E-state index contributed by atoms with van der Waals surface area (Å²) in [6.07, 6.45) is 6.86. The third-order valence-corrected chi connectivity index (χ3v) is 10.1. The Kier molecular flexibility index (Phi) is 13.0. The number of ether oxygens (including phenoxy) is 1. The van der Waals surface area contributed by atoms with E-state index in [0.29, 0.717) is 25.1 Å². The number of benzene rings is 1. The van der Waals surface area contributed by atoms with E-state index in [9.17, 15) is 28.9 Å². The van der Waals surface area contributed by atoms with Crippen LogP contribution in [-0.2, 0) is 29.7 Å². The minimum atomic E-state index is -4.55. The van der Waals surface area contributed by atoms with E-state index < -0.39 is 44.5 Å². The molecule has 2 aliphatic heterocycles. The van der Waals surface area contributed by atoms with Crippen molar-refractivity contribution in [3.63, 3.8) is 0 Å². The Morgan fingerprint density at radius 2 is 1.82 bits per heavy atom. The van der Waals surface area contributed by atoms with Crippen LogP contribution in [0.3, 0.4) is 0 Å². The van der Waals surface area contributed by atoms with Gasteiger partial charge in [0.25, 0.3) is 5.91 Å². The van der Waals surface area contributed by atoms with E-state index in [0.717, 1.165) is 28.7 Å². The lowest BCUT2D eigenvalue weighted by Gasteiger charge is -2.31. The lowest BCUT2D eigenvalue weighted by Crippen LogP contribution is -2.37. The number of amides is 2. The molecule has 6 N–H and O–H groups in total. The molecule has 1 fully saturated rings. The zero-order valence-electron chi connectivity index (χ0n) is 28.2. The molecule has 4 unspecified atom stereocenters. The van der Waals surface area contributed by atoms with Gasteiger partial charge in [0.2, 0.25) is 5.91 Å². The zero-order valence-corrected chi connectivity index (χ0v) is 29.1. The highest BCUT2D eigenvalue weighted by atomic mass is 31.2. The molecule has 1 saturated heterocycles. The summed E-state index contributed by atoms with van der Waals surface area (Å²) < 4.78 is 31.3. The van der Waals surface area contributed by atoms with Gasteiger partial charge in [0.1, 0.15) is 18.1 Å². The maximum atomic E-state index is 13.1. The minimum absolute atomic E-state index is 0.00234. The number of nitrogen functional groups attached to an aromatic ring is 1. The van der Waals surface area contributed by atoms with Crippen molar-refractivity contribution in [1.82, 2.24) is 24.8 Å². The van der Waals surface area contributed by atoms with Crippen LogP contribution in [-0.4, -0.2) is 74.4 Å². The third kappa shape index (κ3) is 9.89. The monoisotopic (exact) mass is 714 g/mol. The van der Waals surface area contributed by atoms with Gasteiger partial charge in [0, 0.05) is 55.6 Å². The van der Waals surface area contributed by atoms with Gasteiger partial charge in [-0.25, -0.2) is 9.36 Å². The highest BCUT2D eigenvalue weighted by molar-refractivity contribution is 7.47. The molecule has 272 valence electrons. The lowest BCUT2D eigenvalue weighted by atomic mass is 9.83. The lowest BCUT2D eigenvalue weighted by molar-refractivity contribution is -0.126. The first kappa shape index (κ1) is 37.4. The molecule has 0 aliphatic carbocycles. The molecule has 0 spiro atoms. The summed E-state index contributed by atoms with van der Waals surface area (Å²) in [7, 11) is -4.55. The fourth-order valence-corrected chi connectivity index (χ4v) is 7.12. The molecule has 0 saturated carbocycles. The maximum Gasteiger partial charge on any atom is 0.472 e. The molecule has 6 atom stereocenters. The smallest absolute Gasteiger partial charge is 0.390 e. The second-order valence-corrected chi connectivity index (χ2v) is 14.2. The van der Waals surface area contributed by atoms with E-state index in [1.165, 1.54) is 31.5 Å². The predicted octanol–water partition coefficient (Wildman–Crippen LogP) is 3.08. The van der Waals surface area contributed by atoms with Crippen molar-refractivity contribution in [3.05, 3.63) is 82.2 Å². The van der Waals surface area contributed by atoms with Crippen LogP contribution < -0.4 is 22.1 Å². The second-order valence-electron chi connectivity index (χ2n) is 12.7. The summed E-state index contributed by atoms with van der Waals surface area (Å²) in [6.45, 7) is 2.64. The Hall–Kier alpha value is -3.85. The van der Waals surface area contributed by atoms with Crippen molar-refractivity contribution >= 4 is 25.5 Å². The van der Waals surface area contributed by atoms with E-state index in [2.05, 4.69) is 33.2 Å². The van der Waals surface area contributed by atoms with Crippen molar-refractivity contribution in [2.75, 3.05) is 32.0 Å². The SMILES string of the molecule is CCCCCCCNC(=O)C1CC(c2ccc(C(=O)NCCOP(=O)(O)OC[C@H]3O[C@@H](n4ccc(N)nc4=O)CC3O)cc2)c2cccn2C1. The molecule has 2 amide bonds. The van der Waals surface area contributed by atoms with E-state index in [1.54, 1.807) is 12.1 Å². The van der Waals surface area contributed by atoms with Crippen LogP contribution >= 0.6 is 7.82 Å². The topological polar surface area (TPSA) is 209 Å². The standard InChI is InChI=1S/C34H47N6O9P/c1-2-3-4-5-6-14-36-33(43)25-19-26(27-8-7-16-39(27)21-25)23-9-11-24(12-10-23)32(42)37-15-18-47-50(45,46)48-22-29-28(41)20-31(49-29)40-17-13-30(35)38-34(40)44/h7-13,16-17,25-26,28-29,31,41H,2-6,14-15,18-22H2,1H3,(H,36,43)(H,37,42)(H,45,46)(H2,35,38,44)/t25?,26?,28?,29-,31-/m1/s1. The van der Waals surface area contributed by atoms with Gasteiger partial charge in [0.15, 0.2) is 0 Å². The number of anilines is 1. The molecular formula is C34H47N6O9P.